The van der Waals surface area contributed by atoms with Gasteiger partial charge in [-0.1, -0.05) is 5.16 Å². The number of rotatable bonds is 4. The molecule has 2 aromatic rings. The van der Waals surface area contributed by atoms with Crippen LogP contribution in [0.4, 0.5) is 9.80 Å². The van der Waals surface area contributed by atoms with Gasteiger partial charge in [-0.2, -0.15) is 0 Å². The highest BCUT2D eigenvalue weighted by Crippen LogP contribution is 2.38. The molecule has 2 aromatic heterocycles. The van der Waals surface area contributed by atoms with Crippen LogP contribution in [0.25, 0.3) is 0 Å². The molecule has 9 heteroatoms. The van der Waals surface area contributed by atoms with E-state index in [1.165, 1.54) is 23.6 Å². The summed E-state index contributed by atoms with van der Waals surface area (Å²) < 4.78 is 9.59. The second kappa shape index (κ2) is 7.47. The van der Waals surface area contributed by atoms with Crippen LogP contribution in [0.1, 0.15) is 51.1 Å². The average molecular weight is 363 g/mol. The molecule has 8 nitrogen and oxygen atoms in total. The van der Waals surface area contributed by atoms with Crippen molar-refractivity contribution < 1.29 is 23.6 Å². The van der Waals surface area contributed by atoms with Crippen LogP contribution in [0.3, 0.4) is 0 Å². The van der Waals surface area contributed by atoms with Crippen molar-refractivity contribution in [3.05, 3.63) is 34.0 Å². The highest BCUT2D eigenvalue weighted by atomic mass is 32.1. The molecule has 3 rings (SSSR count). The van der Waals surface area contributed by atoms with Crippen molar-refractivity contribution in [3.8, 4) is 0 Å². The van der Waals surface area contributed by atoms with Gasteiger partial charge in [0.05, 0.1) is 18.4 Å². The number of hydrogen-bond donors (Lipinski definition) is 2. The molecule has 0 fully saturated rings. The first-order valence-corrected chi connectivity index (χ1v) is 8.76. The molecule has 0 saturated heterocycles. The molecule has 0 unspecified atom stereocenters. The molecule has 0 aromatic carbocycles. The lowest BCUT2D eigenvalue weighted by Crippen LogP contribution is -2.32. The largest absolute Gasteiger partial charge is 0.450 e. The molecule has 0 saturated carbocycles. The van der Waals surface area contributed by atoms with Gasteiger partial charge in [-0.15, -0.1) is 11.3 Å². The quantitative estimate of drug-likeness (QED) is 0.864. The summed E-state index contributed by atoms with van der Waals surface area (Å²) in [6.07, 6.45) is 4.12. The lowest BCUT2D eigenvalue weighted by Gasteiger charge is -2.12. The van der Waals surface area contributed by atoms with E-state index in [4.69, 9.17) is 9.26 Å². The number of amides is 3. The lowest BCUT2D eigenvalue weighted by atomic mass is 9.95. The summed E-state index contributed by atoms with van der Waals surface area (Å²) in [6, 6.07) is 1.43. The Bertz CT molecular complexity index is 797. The summed E-state index contributed by atoms with van der Waals surface area (Å²) in [4.78, 5) is 37.4. The molecular formula is C16H17N3O5S. The molecule has 2 heterocycles. The third kappa shape index (κ3) is 3.71. The summed E-state index contributed by atoms with van der Waals surface area (Å²) in [5, 5.41) is 8.78. The van der Waals surface area contributed by atoms with E-state index in [0.717, 1.165) is 36.1 Å². The van der Waals surface area contributed by atoms with E-state index in [9.17, 15) is 14.4 Å². The summed E-state index contributed by atoms with van der Waals surface area (Å²) in [5.74, 6) is -1.03. The molecule has 0 bridgehead atoms. The highest BCUT2D eigenvalue weighted by Gasteiger charge is 2.28. The van der Waals surface area contributed by atoms with Crippen molar-refractivity contribution in [1.82, 2.24) is 10.5 Å². The van der Waals surface area contributed by atoms with E-state index in [1.54, 1.807) is 6.92 Å². The van der Waals surface area contributed by atoms with Gasteiger partial charge in [-0.25, -0.2) is 4.79 Å². The molecule has 0 atom stereocenters. The Kier molecular flexibility index (Phi) is 5.13. The molecule has 1 aliphatic carbocycles. The Morgan fingerprint density at radius 1 is 1.28 bits per heavy atom. The van der Waals surface area contributed by atoms with Crippen LogP contribution < -0.4 is 10.6 Å². The molecule has 0 radical (unpaired) electrons. The van der Waals surface area contributed by atoms with Crippen LogP contribution in [0.5, 0.6) is 0 Å². The first kappa shape index (κ1) is 17.2. The van der Waals surface area contributed by atoms with Crippen molar-refractivity contribution in [3.63, 3.8) is 0 Å². The summed E-state index contributed by atoms with van der Waals surface area (Å²) in [5.41, 5.74) is 1.20. The van der Waals surface area contributed by atoms with Crippen molar-refractivity contribution in [2.45, 2.75) is 32.6 Å². The number of carbonyl (C=O) groups is 3. The van der Waals surface area contributed by atoms with Gasteiger partial charge in [-0.3, -0.25) is 14.9 Å². The number of alkyl carbamates (subject to hydrolysis) is 1. The summed E-state index contributed by atoms with van der Waals surface area (Å²) >= 11 is 1.35. The van der Waals surface area contributed by atoms with Crippen LogP contribution in [-0.4, -0.2) is 29.7 Å². The zero-order chi connectivity index (χ0) is 17.8. The van der Waals surface area contributed by atoms with Gasteiger partial charge in [-0.05, 0) is 38.2 Å². The van der Waals surface area contributed by atoms with E-state index in [0.29, 0.717) is 10.6 Å². The minimum atomic E-state index is -0.809. The minimum absolute atomic E-state index is 0.0446. The number of thiophene rings is 1. The Hall–Kier alpha value is -2.68. The Labute approximate surface area is 147 Å². The second-order valence-corrected chi connectivity index (χ2v) is 6.53. The maximum atomic E-state index is 12.6. The first-order chi connectivity index (χ1) is 12.1. The van der Waals surface area contributed by atoms with E-state index >= 15 is 0 Å². The average Bonchev–Trinajstić information content (AvgIpc) is 3.22. The van der Waals surface area contributed by atoms with Crippen LogP contribution in [-0.2, 0) is 17.6 Å². The number of ether oxygens (including phenoxy) is 1. The predicted molar refractivity (Wildman–Crippen MR) is 89.9 cm³/mol. The number of hydrogen-bond acceptors (Lipinski definition) is 7. The molecule has 0 aliphatic heterocycles. The van der Waals surface area contributed by atoms with Gasteiger partial charge < -0.3 is 14.6 Å². The first-order valence-electron chi connectivity index (χ1n) is 7.94. The zero-order valence-electron chi connectivity index (χ0n) is 13.6. The van der Waals surface area contributed by atoms with E-state index in [2.05, 4.69) is 15.8 Å². The van der Waals surface area contributed by atoms with Gasteiger partial charge in [0.15, 0.2) is 0 Å². The fourth-order valence-corrected chi connectivity index (χ4v) is 4.00. The van der Waals surface area contributed by atoms with E-state index in [-0.39, 0.29) is 12.4 Å². The molecule has 25 heavy (non-hydrogen) atoms. The third-order valence-corrected chi connectivity index (χ3v) is 4.99. The molecule has 2 N–H and O–H groups in total. The smallest absolute Gasteiger partial charge is 0.414 e. The van der Waals surface area contributed by atoms with Crippen molar-refractivity contribution >= 4 is 34.2 Å². The van der Waals surface area contributed by atoms with E-state index < -0.39 is 17.9 Å². The van der Waals surface area contributed by atoms with Crippen molar-refractivity contribution in [2.24, 2.45) is 0 Å². The van der Waals surface area contributed by atoms with Gasteiger partial charge in [0.25, 0.3) is 11.8 Å². The fraction of sp³-hybridized carbons (Fsp3) is 0.375. The Morgan fingerprint density at radius 3 is 2.80 bits per heavy atom. The van der Waals surface area contributed by atoms with E-state index in [1.807, 2.05) is 0 Å². The van der Waals surface area contributed by atoms with Crippen LogP contribution in [0.15, 0.2) is 16.8 Å². The van der Waals surface area contributed by atoms with Crippen LogP contribution in [0.2, 0.25) is 0 Å². The predicted octanol–water partition coefficient (Wildman–Crippen LogP) is 2.75. The number of aryl methyl sites for hydroxylation is 1. The molecule has 132 valence electrons. The second-order valence-electron chi connectivity index (χ2n) is 5.42. The van der Waals surface area contributed by atoms with Gasteiger partial charge in [0, 0.05) is 10.9 Å². The topological polar surface area (TPSA) is 111 Å². The van der Waals surface area contributed by atoms with Crippen molar-refractivity contribution in [2.75, 3.05) is 11.9 Å². The number of fused-ring (bicyclic) bond motifs is 1. The summed E-state index contributed by atoms with van der Waals surface area (Å²) in [7, 11) is 0. The SMILES string of the molecule is CCOC(=O)NC(=O)c1c(NC(=O)c2ccno2)sc2c1CCCC2. The van der Waals surface area contributed by atoms with Crippen molar-refractivity contribution in [1.29, 1.82) is 0 Å². The molecule has 3 amide bonds. The number of nitrogens with zero attached hydrogens (tertiary/aromatic N) is 1. The summed E-state index contributed by atoms with van der Waals surface area (Å²) in [6.45, 7) is 1.81. The minimum Gasteiger partial charge on any atom is -0.450 e. The fourth-order valence-electron chi connectivity index (χ4n) is 2.71. The van der Waals surface area contributed by atoms with Crippen LogP contribution in [0, 0.1) is 0 Å². The Balaban J connectivity index is 1.89. The molecule has 0 spiro atoms. The lowest BCUT2D eigenvalue weighted by molar-refractivity contribution is 0.0925. The molecule has 1 aliphatic rings. The van der Waals surface area contributed by atoms with Gasteiger partial charge in [0.1, 0.15) is 5.00 Å². The third-order valence-electron chi connectivity index (χ3n) is 3.78. The number of imide groups is 1. The normalized spacial score (nSPS) is 13.0. The van der Waals surface area contributed by atoms with Gasteiger partial charge >= 0.3 is 6.09 Å². The maximum absolute atomic E-state index is 12.6. The highest BCUT2D eigenvalue weighted by molar-refractivity contribution is 7.17. The molecular weight excluding hydrogens is 346 g/mol. The Morgan fingerprint density at radius 2 is 2.08 bits per heavy atom. The number of aromatic nitrogens is 1. The van der Waals surface area contributed by atoms with Gasteiger partial charge in [0.2, 0.25) is 5.76 Å². The number of nitrogens with one attached hydrogen (secondary N) is 2. The standard InChI is InChI=1S/C16H17N3O5S/c1-2-23-16(22)19-14(21)12-9-5-3-4-6-11(9)25-15(12)18-13(20)10-7-8-17-24-10/h7-8H,2-6H2,1H3,(H,18,20)(H,19,21,22). The number of anilines is 1. The number of carbonyl (C=O) groups excluding carboxylic acids is 3. The monoisotopic (exact) mass is 363 g/mol. The van der Waals surface area contributed by atoms with Crippen LogP contribution >= 0.6 is 11.3 Å². The zero-order valence-corrected chi connectivity index (χ0v) is 14.4. The maximum Gasteiger partial charge on any atom is 0.414 e.